The highest BCUT2D eigenvalue weighted by Gasteiger charge is 2.37. The molecule has 0 nitrogen and oxygen atoms in total. The van der Waals surface area contributed by atoms with Crippen LogP contribution in [0.5, 0.6) is 0 Å². The molecule has 0 atom stereocenters. The van der Waals surface area contributed by atoms with Crippen LogP contribution < -0.4 is 0 Å². The Labute approximate surface area is 68.0 Å². The molecule has 0 aliphatic carbocycles. The topological polar surface area (TPSA) is 0 Å². The van der Waals surface area contributed by atoms with E-state index in [1.807, 2.05) is 20.8 Å². The lowest BCUT2D eigenvalue weighted by Crippen LogP contribution is -2.29. The van der Waals surface area contributed by atoms with Crippen molar-refractivity contribution in [3.63, 3.8) is 0 Å². The zero-order chi connectivity index (χ0) is 9.28. The summed E-state index contributed by atoms with van der Waals surface area (Å²) >= 11 is 0. The van der Waals surface area contributed by atoms with Crippen LogP contribution in [0.4, 0.5) is 8.78 Å². The molecule has 0 spiro atoms. The molecule has 0 aliphatic rings. The average Bonchev–Trinajstić information content (AvgIpc) is 1.56. The molecule has 0 fully saturated rings. The fourth-order valence-electron chi connectivity index (χ4n) is 0.911. The van der Waals surface area contributed by atoms with Crippen molar-refractivity contribution in [2.45, 2.75) is 47.0 Å². The summed E-state index contributed by atoms with van der Waals surface area (Å²) in [6.07, 6.45) is -0.0301. The largest absolute Gasteiger partial charge is 0.250 e. The van der Waals surface area contributed by atoms with Gasteiger partial charge in [-0.3, -0.25) is 0 Å². The molecule has 0 aliphatic heterocycles. The number of halogens is 2. The standard InChI is InChI=1S/C9H18F2/c1-7(2)9(10,11)6-8(3,4)5/h7H,6H2,1-5H3. The summed E-state index contributed by atoms with van der Waals surface area (Å²) in [5, 5.41) is 0. The van der Waals surface area contributed by atoms with Crippen molar-refractivity contribution in [3.8, 4) is 0 Å². The highest BCUT2D eigenvalue weighted by atomic mass is 19.3. The van der Waals surface area contributed by atoms with Crippen molar-refractivity contribution < 1.29 is 8.78 Å². The predicted octanol–water partition coefficient (Wildman–Crippen LogP) is 3.71. The molecule has 0 bridgehead atoms. The van der Waals surface area contributed by atoms with Crippen LogP contribution >= 0.6 is 0 Å². The smallest absolute Gasteiger partial charge is 0.207 e. The van der Waals surface area contributed by atoms with Gasteiger partial charge in [0.15, 0.2) is 0 Å². The third kappa shape index (κ3) is 4.33. The van der Waals surface area contributed by atoms with Gasteiger partial charge in [0, 0.05) is 12.3 Å². The van der Waals surface area contributed by atoms with E-state index in [9.17, 15) is 8.78 Å². The van der Waals surface area contributed by atoms with Gasteiger partial charge in [-0.25, -0.2) is 8.78 Å². The van der Waals surface area contributed by atoms with Gasteiger partial charge < -0.3 is 0 Å². The molecule has 0 aromatic carbocycles. The SMILES string of the molecule is CC(C)C(F)(F)CC(C)(C)C. The summed E-state index contributed by atoms with van der Waals surface area (Å²) in [6.45, 7) is 8.63. The average molecular weight is 164 g/mol. The van der Waals surface area contributed by atoms with Gasteiger partial charge in [-0.1, -0.05) is 34.6 Å². The summed E-state index contributed by atoms with van der Waals surface area (Å²) in [4.78, 5) is 0. The second-order valence-electron chi connectivity index (χ2n) is 4.65. The van der Waals surface area contributed by atoms with Gasteiger partial charge in [-0.2, -0.15) is 0 Å². The van der Waals surface area contributed by atoms with E-state index in [0.717, 1.165) is 0 Å². The second kappa shape index (κ2) is 3.08. The molecule has 0 unspecified atom stereocenters. The van der Waals surface area contributed by atoms with Crippen LogP contribution in [0.25, 0.3) is 0 Å². The monoisotopic (exact) mass is 164 g/mol. The van der Waals surface area contributed by atoms with E-state index in [2.05, 4.69) is 0 Å². The lowest BCUT2D eigenvalue weighted by atomic mass is 9.85. The Morgan fingerprint density at radius 2 is 1.45 bits per heavy atom. The van der Waals surface area contributed by atoms with Gasteiger partial charge in [-0.05, 0) is 5.41 Å². The van der Waals surface area contributed by atoms with E-state index >= 15 is 0 Å². The quantitative estimate of drug-likeness (QED) is 0.583. The van der Waals surface area contributed by atoms with E-state index in [0.29, 0.717) is 0 Å². The maximum Gasteiger partial charge on any atom is 0.250 e. The second-order valence-corrected chi connectivity index (χ2v) is 4.65. The maximum absolute atomic E-state index is 13.0. The van der Waals surface area contributed by atoms with Crippen LogP contribution in [0.3, 0.4) is 0 Å². The molecule has 0 saturated heterocycles. The summed E-state index contributed by atoms with van der Waals surface area (Å²) in [5.74, 6) is -3.07. The van der Waals surface area contributed by atoms with E-state index in [-0.39, 0.29) is 11.8 Å². The highest BCUT2D eigenvalue weighted by Crippen LogP contribution is 2.36. The Morgan fingerprint density at radius 3 is 1.55 bits per heavy atom. The van der Waals surface area contributed by atoms with Crippen molar-refractivity contribution >= 4 is 0 Å². The summed E-state index contributed by atoms with van der Waals surface area (Å²) in [5.41, 5.74) is -0.284. The molecule has 2 heteroatoms. The molecule has 0 N–H and O–H groups in total. The van der Waals surface area contributed by atoms with Crippen molar-refractivity contribution in [3.05, 3.63) is 0 Å². The van der Waals surface area contributed by atoms with Crippen molar-refractivity contribution in [2.24, 2.45) is 11.3 Å². The maximum atomic E-state index is 13.0. The Hall–Kier alpha value is -0.140. The molecule has 0 radical (unpaired) electrons. The van der Waals surface area contributed by atoms with Crippen LogP contribution in [-0.2, 0) is 0 Å². The summed E-state index contributed by atoms with van der Waals surface area (Å²) in [6, 6.07) is 0. The fraction of sp³-hybridized carbons (Fsp3) is 1.00. The van der Waals surface area contributed by atoms with E-state index in [4.69, 9.17) is 0 Å². The van der Waals surface area contributed by atoms with Crippen LogP contribution in [0.2, 0.25) is 0 Å². The van der Waals surface area contributed by atoms with Gasteiger partial charge in [0.05, 0.1) is 0 Å². The first-order valence-electron chi connectivity index (χ1n) is 4.03. The van der Waals surface area contributed by atoms with Crippen LogP contribution in [0.1, 0.15) is 41.0 Å². The lowest BCUT2D eigenvalue weighted by molar-refractivity contribution is -0.0755. The number of hydrogen-bond donors (Lipinski definition) is 0. The third-order valence-corrected chi connectivity index (χ3v) is 1.61. The van der Waals surface area contributed by atoms with Crippen LogP contribution in [0.15, 0.2) is 0 Å². The molecule has 0 aromatic heterocycles. The molecule has 68 valence electrons. The minimum absolute atomic E-state index is 0.0301. The van der Waals surface area contributed by atoms with E-state index < -0.39 is 11.8 Å². The molecular weight excluding hydrogens is 146 g/mol. The minimum atomic E-state index is -2.52. The first kappa shape index (κ1) is 10.9. The third-order valence-electron chi connectivity index (χ3n) is 1.61. The first-order chi connectivity index (χ1) is 4.65. The highest BCUT2D eigenvalue weighted by molar-refractivity contribution is 4.77. The molecule has 11 heavy (non-hydrogen) atoms. The minimum Gasteiger partial charge on any atom is -0.207 e. The zero-order valence-corrected chi connectivity index (χ0v) is 8.04. The van der Waals surface area contributed by atoms with Crippen LogP contribution in [-0.4, -0.2) is 5.92 Å². The number of alkyl halides is 2. The number of rotatable bonds is 2. The summed E-state index contributed by atoms with van der Waals surface area (Å²) < 4.78 is 26.1. The summed E-state index contributed by atoms with van der Waals surface area (Å²) in [7, 11) is 0. The molecule has 0 aromatic rings. The lowest BCUT2D eigenvalue weighted by Gasteiger charge is -2.28. The first-order valence-corrected chi connectivity index (χ1v) is 4.03. The molecule has 0 amide bonds. The molecule has 0 heterocycles. The fourth-order valence-corrected chi connectivity index (χ4v) is 0.911. The van der Waals surface area contributed by atoms with Crippen molar-refractivity contribution in [1.82, 2.24) is 0 Å². The Balaban J connectivity index is 4.13. The predicted molar refractivity (Wildman–Crippen MR) is 43.9 cm³/mol. The Kier molecular flexibility index (Phi) is 3.04. The van der Waals surface area contributed by atoms with Crippen LogP contribution in [0, 0.1) is 11.3 Å². The van der Waals surface area contributed by atoms with Crippen molar-refractivity contribution in [2.75, 3.05) is 0 Å². The Morgan fingerprint density at radius 1 is 1.09 bits per heavy atom. The van der Waals surface area contributed by atoms with Gasteiger partial charge in [0.1, 0.15) is 0 Å². The molecule has 0 saturated carbocycles. The van der Waals surface area contributed by atoms with Crippen molar-refractivity contribution in [1.29, 1.82) is 0 Å². The number of hydrogen-bond acceptors (Lipinski definition) is 0. The van der Waals surface area contributed by atoms with Gasteiger partial charge >= 0.3 is 0 Å². The van der Waals surface area contributed by atoms with Gasteiger partial charge in [-0.15, -0.1) is 0 Å². The molecule has 0 rings (SSSR count). The van der Waals surface area contributed by atoms with Gasteiger partial charge in [0.2, 0.25) is 0 Å². The molecular formula is C9H18F2. The van der Waals surface area contributed by atoms with Gasteiger partial charge in [0.25, 0.3) is 5.92 Å². The zero-order valence-electron chi connectivity index (χ0n) is 8.04. The van der Waals surface area contributed by atoms with E-state index in [1.54, 1.807) is 13.8 Å². The normalized spacial score (nSPS) is 14.2. The Bertz CT molecular complexity index is 120. The van der Waals surface area contributed by atoms with E-state index in [1.165, 1.54) is 0 Å².